The topological polar surface area (TPSA) is 74.7 Å². The molecule has 0 aliphatic carbocycles. The van der Waals surface area contributed by atoms with E-state index in [1.54, 1.807) is 33.6 Å². The van der Waals surface area contributed by atoms with E-state index >= 15 is 0 Å². The molecule has 4 rings (SSSR count). The highest BCUT2D eigenvalue weighted by Gasteiger charge is 2.10. The maximum absolute atomic E-state index is 6.16. The molecule has 4 aromatic rings. The lowest BCUT2D eigenvalue weighted by atomic mass is 10.2. The Kier molecular flexibility index (Phi) is 8.03. The molecule has 1 heterocycles. The zero-order valence-electron chi connectivity index (χ0n) is 18.3. The van der Waals surface area contributed by atoms with Crippen LogP contribution in [-0.2, 0) is 6.61 Å². The second-order valence-electron chi connectivity index (χ2n) is 6.83. The van der Waals surface area contributed by atoms with Crippen molar-refractivity contribution in [1.82, 2.24) is 9.97 Å². The molecule has 0 atom stereocenters. The van der Waals surface area contributed by atoms with E-state index in [0.29, 0.717) is 40.6 Å². The van der Waals surface area contributed by atoms with Crippen LogP contribution in [0.5, 0.6) is 23.0 Å². The highest BCUT2D eigenvalue weighted by atomic mass is 35.5. The zero-order valence-corrected chi connectivity index (χ0v) is 19.9. The number of aromatic nitrogens is 2. The average Bonchev–Trinajstić information content (AvgIpc) is 2.82. The number of anilines is 2. The van der Waals surface area contributed by atoms with Gasteiger partial charge < -0.3 is 24.3 Å². The van der Waals surface area contributed by atoms with Crippen LogP contribution in [0.1, 0.15) is 5.56 Å². The summed E-state index contributed by atoms with van der Waals surface area (Å²) >= 11 is 6.16. The molecule has 0 radical (unpaired) electrons. The Hall–Kier alpha value is -3.42. The van der Waals surface area contributed by atoms with Gasteiger partial charge in [0.2, 0.25) is 5.95 Å². The van der Waals surface area contributed by atoms with Gasteiger partial charge in [-0.05, 0) is 36.4 Å². The summed E-state index contributed by atoms with van der Waals surface area (Å²) in [4.78, 5) is 8.95. The minimum atomic E-state index is 0. The summed E-state index contributed by atoms with van der Waals surface area (Å²) in [7, 11) is 4.78. The largest absolute Gasteiger partial charge is 0.495 e. The van der Waals surface area contributed by atoms with Crippen LogP contribution < -0.4 is 24.3 Å². The minimum Gasteiger partial charge on any atom is -0.495 e. The number of methoxy groups -OCH3 is 3. The summed E-state index contributed by atoms with van der Waals surface area (Å²) in [5.74, 6) is 3.06. The number of para-hydroxylation sites is 1. The van der Waals surface area contributed by atoms with Gasteiger partial charge >= 0.3 is 0 Å². The smallest absolute Gasteiger partial charge is 0.227 e. The highest BCUT2D eigenvalue weighted by Crippen LogP contribution is 2.32. The maximum Gasteiger partial charge on any atom is 0.227 e. The first-order valence-electron chi connectivity index (χ1n) is 9.81. The van der Waals surface area contributed by atoms with Crippen molar-refractivity contribution < 1.29 is 18.9 Å². The second kappa shape index (κ2) is 10.9. The van der Waals surface area contributed by atoms with Crippen LogP contribution in [0.15, 0.2) is 60.8 Å². The number of nitrogens with zero attached hydrogens (tertiary/aromatic N) is 2. The maximum atomic E-state index is 6.16. The third-order valence-electron chi connectivity index (χ3n) is 4.84. The molecule has 33 heavy (non-hydrogen) atoms. The van der Waals surface area contributed by atoms with Crippen LogP contribution in [0.3, 0.4) is 0 Å². The summed E-state index contributed by atoms with van der Waals surface area (Å²) in [6.45, 7) is 0.343. The Morgan fingerprint density at radius 2 is 1.64 bits per heavy atom. The van der Waals surface area contributed by atoms with Gasteiger partial charge in [0.05, 0.1) is 31.9 Å². The van der Waals surface area contributed by atoms with E-state index in [1.165, 1.54) is 0 Å². The minimum absolute atomic E-state index is 0. The van der Waals surface area contributed by atoms with Crippen molar-refractivity contribution in [1.29, 1.82) is 0 Å². The predicted octanol–water partition coefficient (Wildman–Crippen LogP) is 6.05. The molecule has 0 saturated heterocycles. The van der Waals surface area contributed by atoms with E-state index < -0.39 is 0 Å². The molecule has 0 spiro atoms. The third kappa shape index (κ3) is 5.50. The first kappa shape index (κ1) is 24.2. The molecule has 0 fully saturated rings. The van der Waals surface area contributed by atoms with Gasteiger partial charge in [-0.15, -0.1) is 12.4 Å². The highest BCUT2D eigenvalue weighted by molar-refractivity contribution is 6.32. The second-order valence-corrected chi connectivity index (χ2v) is 7.24. The van der Waals surface area contributed by atoms with Crippen LogP contribution in [0.2, 0.25) is 5.02 Å². The number of ether oxygens (including phenoxy) is 4. The summed E-state index contributed by atoms with van der Waals surface area (Å²) in [6, 6.07) is 16.8. The van der Waals surface area contributed by atoms with E-state index in [2.05, 4.69) is 15.3 Å². The van der Waals surface area contributed by atoms with E-state index in [9.17, 15) is 0 Å². The number of rotatable bonds is 8. The van der Waals surface area contributed by atoms with Crippen LogP contribution in [0, 0.1) is 0 Å². The third-order valence-corrected chi connectivity index (χ3v) is 5.14. The lowest BCUT2D eigenvalue weighted by Gasteiger charge is -2.12. The summed E-state index contributed by atoms with van der Waals surface area (Å²) < 4.78 is 21.9. The molecule has 0 amide bonds. The first-order valence-corrected chi connectivity index (χ1v) is 10.2. The molecule has 7 nitrogen and oxygen atoms in total. The normalized spacial score (nSPS) is 10.3. The lowest BCUT2D eigenvalue weighted by Crippen LogP contribution is -2.00. The quantitative estimate of drug-likeness (QED) is 0.324. The van der Waals surface area contributed by atoms with Crippen molar-refractivity contribution in [3.05, 3.63) is 71.4 Å². The van der Waals surface area contributed by atoms with Gasteiger partial charge in [0.15, 0.2) is 11.5 Å². The molecule has 3 aromatic carbocycles. The molecule has 172 valence electrons. The molecule has 1 aromatic heterocycles. The number of nitrogens with one attached hydrogen (secondary N) is 1. The summed E-state index contributed by atoms with van der Waals surface area (Å²) in [6.07, 6.45) is 1.74. The molecule has 0 bridgehead atoms. The van der Waals surface area contributed by atoms with Crippen molar-refractivity contribution in [2.24, 2.45) is 0 Å². The number of hydrogen-bond donors (Lipinski definition) is 1. The Balaban J connectivity index is 0.00000306. The van der Waals surface area contributed by atoms with Crippen molar-refractivity contribution >= 4 is 46.5 Å². The zero-order chi connectivity index (χ0) is 22.5. The number of hydrogen-bond acceptors (Lipinski definition) is 7. The molecular formula is C24H23Cl2N3O4. The SMILES string of the molecule is COc1cc2cnc(Nc3ccc(OCc4cccc(Cl)c4OC)cc3)nc2cc1OC.Cl. The van der Waals surface area contributed by atoms with Crippen LogP contribution in [0.4, 0.5) is 11.6 Å². The Morgan fingerprint density at radius 1 is 0.909 bits per heavy atom. The fraction of sp³-hybridized carbons (Fsp3) is 0.167. The van der Waals surface area contributed by atoms with E-state index in [4.69, 9.17) is 30.5 Å². The van der Waals surface area contributed by atoms with Crippen molar-refractivity contribution in [2.75, 3.05) is 26.6 Å². The molecule has 0 aliphatic rings. The van der Waals surface area contributed by atoms with Gasteiger partial charge in [0.25, 0.3) is 0 Å². The number of halogens is 2. The van der Waals surface area contributed by atoms with Crippen LogP contribution in [-0.4, -0.2) is 31.3 Å². The van der Waals surface area contributed by atoms with Gasteiger partial charge in [-0.2, -0.15) is 0 Å². The molecular weight excluding hydrogens is 465 g/mol. The van der Waals surface area contributed by atoms with E-state index in [-0.39, 0.29) is 12.4 Å². The van der Waals surface area contributed by atoms with Crippen molar-refractivity contribution in [2.45, 2.75) is 6.61 Å². The van der Waals surface area contributed by atoms with Crippen LogP contribution >= 0.6 is 24.0 Å². The predicted molar refractivity (Wildman–Crippen MR) is 132 cm³/mol. The van der Waals surface area contributed by atoms with Gasteiger partial charge in [0, 0.05) is 28.9 Å². The Bertz CT molecular complexity index is 1240. The lowest BCUT2D eigenvalue weighted by molar-refractivity contribution is 0.297. The summed E-state index contributed by atoms with van der Waals surface area (Å²) in [5, 5.41) is 4.61. The standard InChI is InChI=1S/C24H22ClN3O4.ClH/c1-29-21-11-16-13-26-24(28-20(16)12-22(21)30-2)27-17-7-9-18(10-8-17)32-14-15-5-4-6-19(25)23(15)31-3;/h4-13H,14H2,1-3H3,(H,26,27,28);1H. The molecule has 0 saturated carbocycles. The fourth-order valence-electron chi connectivity index (χ4n) is 3.24. The monoisotopic (exact) mass is 487 g/mol. The number of fused-ring (bicyclic) bond motifs is 1. The average molecular weight is 488 g/mol. The Labute approximate surface area is 203 Å². The molecule has 9 heteroatoms. The van der Waals surface area contributed by atoms with Gasteiger partial charge in [-0.3, -0.25) is 0 Å². The molecule has 0 unspecified atom stereocenters. The summed E-state index contributed by atoms with van der Waals surface area (Å²) in [5.41, 5.74) is 2.45. The fourth-order valence-corrected chi connectivity index (χ4v) is 3.51. The van der Waals surface area contributed by atoms with Gasteiger partial charge in [-0.25, -0.2) is 9.97 Å². The van der Waals surface area contributed by atoms with Crippen molar-refractivity contribution in [3.63, 3.8) is 0 Å². The Morgan fingerprint density at radius 3 is 2.33 bits per heavy atom. The van der Waals surface area contributed by atoms with E-state index in [1.807, 2.05) is 48.5 Å². The van der Waals surface area contributed by atoms with Crippen molar-refractivity contribution in [3.8, 4) is 23.0 Å². The molecule has 1 N–H and O–H groups in total. The van der Waals surface area contributed by atoms with Crippen LogP contribution in [0.25, 0.3) is 10.9 Å². The number of benzene rings is 3. The first-order chi connectivity index (χ1) is 15.6. The van der Waals surface area contributed by atoms with Gasteiger partial charge in [-0.1, -0.05) is 23.7 Å². The molecule has 0 aliphatic heterocycles. The van der Waals surface area contributed by atoms with Gasteiger partial charge in [0.1, 0.15) is 18.1 Å². The van der Waals surface area contributed by atoms with E-state index in [0.717, 1.165) is 22.2 Å².